The van der Waals surface area contributed by atoms with Crippen LogP contribution in [0.5, 0.6) is 0 Å². The number of rotatable bonds is 5. The molecule has 1 unspecified atom stereocenters. The molecule has 86 valence electrons. The number of hydrogen-bond donors (Lipinski definition) is 4. The van der Waals surface area contributed by atoms with E-state index in [0.717, 1.165) is 0 Å². The van der Waals surface area contributed by atoms with Gasteiger partial charge in [-0.1, -0.05) is 0 Å². The third-order valence-electron chi connectivity index (χ3n) is 1.28. The number of aliphatic carboxylic acids is 1. The molecule has 0 saturated heterocycles. The van der Waals surface area contributed by atoms with Gasteiger partial charge in [-0.2, -0.15) is 0 Å². The van der Waals surface area contributed by atoms with Gasteiger partial charge in [0.2, 0.25) is 0 Å². The Hall–Kier alpha value is -0.720. The van der Waals surface area contributed by atoms with Crippen LogP contribution in [-0.4, -0.2) is 29.6 Å². The standard InChI is InChI=1S/C6H14N4O2.2ClH/c7-4(5(11)12)2-1-3-10-6(8)9;;/h4H,1-3,7H2,(H,11,12)(H4,8,9,10);2*1H/i5+1;;. The summed E-state index contributed by atoms with van der Waals surface area (Å²) < 4.78 is 0. The summed E-state index contributed by atoms with van der Waals surface area (Å²) in [6.07, 6.45) is 0.956. The molecule has 0 aliphatic heterocycles. The monoisotopic (exact) mass is 247 g/mol. The van der Waals surface area contributed by atoms with Crippen LogP contribution in [0.2, 0.25) is 0 Å². The van der Waals surface area contributed by atoms with Crippen molar-refractivity contribution in [2.45, 2.75) is 18.9 Å². The third-order valence-corrected chi connectivity index (χ3v) is 1.28. The van der Waals surface area contributed by atoms with Gasteiger partial charge in [0.15, 0.2) is 5.96 Å². The predicted molar refractivity (Wildman–Crippen MR) is 60.0 cm³/mol. The normalized spacial score (nSPS) is 10.4. The van der Waals surface area contributed by atoms with Crippen molar-refractivity contribution in [1.29, 1.82) is 0 Å². The average Bonchev–Trinajstić information content (AvgIpc) is 1.97. The van der Waals surface area contributed by atoms with Gasteiger partial charge in [-0.3, -0.25) is 9.79 Å². The topological polar surface area (TPSA) is 128 Å². The van der Waals surface area contributed by atoms with Crippen molar-refractivity contribution in [3.63, 3.8) is 0 Å². The SMILES string of the molecule is Cl.Cl.NC(N)=NCCCC(N)[13C](=O)O. The summed E-state index contributed by atoms with van der Waals surface area (Å²) in [6.45, 7) is 0.420. The molecule has 0 fully saturated rings. The Balaban J connectivity index is -0.000000605. The van der Waals surface area contributed by atoms with Crippen LogP contribution in [0.1, 0.15) is 12.8 Å². The van der Waals surface area contributed by atoms with Crippen molar-refractivity contribution in [3.05, 3.63) is 0 Å². The first kappa shape index (κ1) is 18.9. The Morgan fingerprint density at radius 1 is 1.36 bits per heavy atom. The molecule has 0 saturated carbocycles. The molecule has 7 N–H and O–H groups in total. The van der Waals surface area contributed by atoms with Crippen LogP contribution in [-0.2, 0) is 4.79 Å². The van der Waals surface area contributed by atoms with Gasteiger partial charge in [0.25, 0.3) is 0 Å². The Labute approximate surface area is 94.7 Å². The predicted octanol–water partition coefficient (Wildman–Crippen LogP) is -0.704. The van der Waals surface area contributed by atoms with E-state index in [2.05, 4.69) is 4.99 Å². The van der Waals surface area contributed by atoms with Crippen molar-refractivity contribution in [1.82, 2.24) is 0 Å². The Kier molecular flexibility index (Phi) is 14.0. The molecular formula is C6H16Cl2N4O2. The largest absolute Gasteiger partial charge is 0.480 e. The van der Waals surface area contributed by atoms with Gasteiger partial charge < -0.3 is 22.3 Å². The molecule has 1 atom stereocenters. The third kappa shape index (κ3) is 11.3. The van der Waals surface area contributed by atoms with Gasteiger partial charge in [-0.15, -0.1) is 24.8 Å². The van der Waals surface area contributed by atoms with Crippen LogP contribution in [0, 0.1) is 0 Å². The van der Waals surface area contributed by atoms with Crippen molar-refractivity contribution in [2.24, 2.45) is 22.2 Å². The highest BCUT2D eigenvalue weighted by Gasteiger charge is 2.09. The molecule has 8 heteroatoms. The lowest BCUT2D eigenvalue weighted by Gasteiger charge is -2.03. The molecule has 0 rings (SSSR count). The highest BCUT2D eigenvalue weighted by molar-refractivity contribution is 5.85. The first-order chi connectivity index (χ1) is 5.54. The molecule has 0 radical (unpaired) electrons. The highest BCUT2D eigenvalue weighted by atomic mass is 35.5. The summed E-state index contributed by atoms with van der Waals surface area (Å²) in [5.41, 5.74) is 15.3. The van der Waals surface area contributed by atoms with Crippen LogP contribution in [0.3, 0.4) is 0 Å². The smallest absolute Gasteiger partial charge is 0.320 e. The second-order valence-electron chi connectivity index (χ2n) is 2.39. The number of carboxylic acids is 1. The van der Waals surface area contributed by atoms with Crippen molar-refractivity contribution >= 4 is 36.7 Å². The molecular weight excluding hydrogens is 232 g/mol. The van der Waals surface area contributed by atoms with Crippen LogP contribution in [0.4, 0.5) is 0 Å². The minimum absolute atomic E-state index is 0. The van der Waals surface area contributed by atoms with E-state index >= 15 is 0 Å². The van der Waals surface area contributed by atoms with E-state index in [1.54, 1.807) is 0 Å². The van der Waals surface area contributed by atoms with Crippen LogP contribution in [0.25, 0.3) is 0 Å². The first-order valence-corrected chi connectivity index (χ1v) is 3.58. The fourth-order valence-corrected chi connectivity index (χ4v) is 0.643. The van der Waals surface area contributed by atoms with E-state index in [9.17, 15) is 4.79 Å². The van der Waals surface area contributed by atoms with Crippen LogP contribution >= 0.6 is 24.8 Å². The van der Waals surface area contributed by atoms with Crippen molar-refractivity contribution in [3.8, 4) is 0 Å². The van der Waals surface area contributed by atoms with Crippen molar-refractivity contribution < 1.29 is 9.90 Å². The minimum atomic E-state index is -1.00. The highest BCUT2D eigenvalue weighted by Crippen LogP contribution is 1.94. The quantitative estimate of drug-likeness (QED) is 0.221. The summed E-state index contributed by atoms with van der Waals surface area (Å²) in [4.78, 5) is 13.9. The van der Waals surface area contributed by atoms with Gasteiger partial charge in [0.05, 0.1) is 0 Å². The fraction of sp³-hybridized carbons (Fsp3) is 0.667. The number of nitrogens with zero attached hydrogens (tertiary/aromatic N) is 1. The maximum absolute atomic E-state index is 10.2. The van der Waals surface area contributed by atoms with E-state index in [-0.39, 0.29) is 30.8 Å². The van der Waals surface area contributed by atoms with Gasteiger partial charge in [0.1, 0.15) is 6.04 Å². The van der Waals surface area contributed by atoms with E-state index in [0.29, 0.717) is 19.4 Å². The molecule has 0 bridgehead atoms. The lowest BCUT2D eigenvalue weighted by Crippen LogP contribution is -2.30. The molecule has 6 nitrogen and oxygen atoms in total. The molecule has 0 aromatic rings. The number of carbonyl (C=O) groups is 1. The number of hydrogen-bond acceptors (Lipinski definition) is 3. The second kappa shape index (κ2) is 10.4. The van der Waals surface area contributed by atoms with Crippen LogP contribution in [0.15, 0.2) is 4.99 Å². The van der Waals surface area contributed by atoms with E-state index in [1.165, 1.54) is 0 Å². The van der Waals surface area contributed by atoms with Gasteiger partial charge in [0, 0.05) is 6.54 Å². The first-order valence-electron chi connectivity index (χ1n) is 3.58. The number of carboxylic acid groups (broad SMARTS) is 1. The molecule has 0 aliphatic rings. The molecule has 0 spiro atoms. The summed E-state index contributed by atoms with van der Waals surface area (Å²) in [7, 11) is 0. The fourth-order valence-electron chi connectivity index (χ4n) is 0.643. The Morgan fingerprint density at radius 3 is 2.21 bits per heavy atom. The summed E-state index contributed by atoms with van der Waals surface area (Å²) >= 11 is 0. The zero-order valence-corrected chi connectivity index (χ0v) is 9.18. The van der Waals surface area contributed by atoms with Gasteiger partial charge in [-0.05, 0) is 12.8 Å². The van der Waals surface area contributed by atoms with Gasteiger partial charge >= 0.3 is 5.97 Å². The van der Waals surface area contributed by atoms with E-state index in [1.807, 2.05) is 0 Å². The average molecular weight is 248 g/mol. The van der Waals surface area contributed by atoms with Gasteiger partial charge in [-0.25, -0.2) is 0 Å². The molecule has 0 aromatic heterocycles. The second-order valence-corrected chi connectivity index (χ2v) is 2.39. The number of aliphatic imine (C=N–C) groups is 1. The lowest BCUT2D eigenvalue weighted by atomic mass is 10.2. The van der Waals surface area contributed by atoms with E-state index < -0.39 is 12.0 Å². The Bertz CT molecular complexity index is 185. The molecule has 0 aromatic carbocycles. The number of nitrogens with two attached hydrogens (primary N) is 3. The summed E-state index contributed by atoms with van der Waals surface area (Å²) in [5.74, 6) is -0.987. The zero-order chi connectivity index (χ0) is 9.56. The molecule has 0 heterocycles. The number of halogens is 2. The van der Waals surface area contributed by atoms with E-state index in [4.69, 9.17) is 22.3 Å². The lowest BCUT2D eigenvalue weighted by molar-refractivity contribution is -0.138. The maximum Gasteiger partial charge on any atom is 0.320 e. The number of guanidine groups is 1. The molecule has 0 aliphatic carbocycles. The summed E-state index contributed by atoms with van der Waals surface area (Å²) in [6, 6.07) is -0.820. The molecule has 0 amide bonds. The van der Waals surface area contributed by atoms with Crippen molar-refractivity contribution in [2.75, 3.05) is 6.54 Å². The maximum atomic E-state index is 10.2. The Morgan fingerprint density at radius 2 is 1.86 bits per heavy atom. The molecule has 14 heavy (non-hydrogen) atoms. The summed E-state index contributed by atoms with van der Waals surface area (Å²) in [5, 5.41) is 8.38. The minimum Gasteiger partial charge on any atom is -0.480 e. The zero-order valence-electron chi connectivity index (χ0n) is 7.55. The van der Waals surface area contributed by atoms with Crippen LogP contribution < -0.4 is 17.2 Å².